The fourth-order valence-electron chi connectivity index (χ4n) is 4.36. The predicted octanol–water partition coefficient (Wildman–Crippen LogP) is 2.87. The molecule has 0 N–H and O–H groups in total. The van der Waals surface area contributed by atoms with Gasteiger partial charge in [0, 0.05) is 25.8 Å². The molecule has 0 bridgehead atoms. The number of pyridine rings is 1. The maximum atomic E-state index is 13.3. The second kappa shape index (κ2) is 9.29. The van der Waals surface area contributed by atoms with E-state index in [1.165, 1.54) is 34.8 Å². The maximum absolute atomic E-state index is 13.3. The molecule has 0 unspecified atom stereocenters. The molecule has 2 aliphatic rings. The Hall–Kier alpha value is -3.47. The van der Waals surface area contributed by atoms with Crippen molar-refractivity contribution in [1.29, 1.82) is 0 Å². The van der Waals surface area contributed by atoms with Gasteiger partial charge in [0.2, 0.25) is 10.0 Å². The third-order valence-electron chi connectivity index (χ3n) is 6.19. The summed E-state index contributed by atoms with van der Waals surface area (Å²) < 4.78 is 41.1. The van der Waals surface area contributed by atoms with Crippen molar-refractivity contribution in [1.82, 2.24) is 19.1 Å². The number of imide groups is 1. The minimum atomic E-state index is -3.73. The molecule has 0 aliphatic carbocycles. The summed E-state index contributed by atoms with van der Waals surface area (Å²) in [6.45, 7) is 1.96. The molecule has 2 aromatic carbocycles. The Labute approximate surface area is 202 Å². The number of aromatic nitrogens is 1. The molecule has 1 fully saturated rings. The number of fused-ring (bicyclic) bond motifs is 1. The Bertz CT molecular complexity index is 1340. The minimum absolute atomic E-state index is 0.0313. The zero-order valence-corrected chi connectivity index (χ0v) is 19.6. The highest BCUT2D eigenvalue weighted by Gasteiger charge is 2.36. The van der Waals surface area contributed by atoms with Gasteiger partial charge >= 0.3 is 0 Å². The summed E-state index contributed by atoms with van der Waals surface area (Å²) >= 11 is 0. The molecule has 0 radical (unpaired) electrons. The van der Waals surface area contributed by atoms with Crippen molar-refractivity contribution in [3.8, 4) is 0 Å². The topological polar surface area (TPSA) is 90.9 Å². The number of hydrogen-bond acceptors (Lipinski definition) is 6. The molecule has 3 aromatic rings. The summed E-state index contributed by atoms with van der Waals surface area (Å²) in [4.78, 5) is 32.4. The summed E-state index contributed by atoms with van der Waals surface area (Å²) in [6.07, 6.45) is 2.15. The number of hydrogen-bond donors (Lipinski definition) is 0. The number of carbonyl (C=O) groups excluding carboxylic acids is 2. The van der Waals surface area contributed by atoms with Gasteiger partial charge in [-0.2, -0.15) is 4.31 Å². The fourth-order valence-corrected chi connectivity index (χ4v) is 5.83. The van der Waals surface area contributed by atoms with E-state index in [4.69, 9.17) is 0 Å². The fraction of sp³-hybridized carbons (Fsp3) is 0.240. The maximum Gasteiger partial charge on any atom is 0.280 e. The minimum Gasteiger partial charge on any atom is -0.285 e. The summed E-state index contributed by atoms with van der Waals surface area (Å²) in [7, 11) is -3.73. The highest BCUT2D eigenvalue weighted by molar-refractivity contribution is 7.89. The molecule has 0 spiro atoms. The lowest BCUT2D eigenvalue weighted by molar-refractivity contribution is 0.0640. The Balaban J connectivity index is 1.26. The molecule has 2 aliphatic heterocycles. The molecule has 1 saturated heterocycles. The molecule has 180 valence electrons. The van der Waals surface area contributed by atoms with Crippen LogP contribution in [0.25, 0.3) is 0 Å². The van der Waals surface area contributed by atoms with E-state index in [1.807, 2.05) is 4.90 Å². The van der Waals surface area contributed by atoms with Crippen LogP contribution in [-0.2, 0) is 23.1 Å². The zero-order chi connectivity index (χ0) is 24.6. The number of carbonyl (C=O) groups is 2. The van der Waals surface area contributed by atoms with Crippen LogP contribution < -0.4 is 0 Å². The third kappa shape index (κ3) is 4.60. The number of sulfonamides is 1. The molecule has 5 rings (SSSR count). The lowest BCUT2D eigenvalue weighted by Gasteiger charge is -2.34. The Morgan fingerprint density at radius 2 is 1.54 bits per heavy atom. The van der Waals surface area contributed by atoms with Crippen molar-refractivity contribution in [2.24, 2.45) is 0 Å². The first-order valence-corrected chi connectivity index (χ1v) is 12.6. The van der Waals surface area contributed by atoms with E-state index < -0.39 is 21.8 Å². The van der Waals surface area contributed by atoms with E-state index in [2.05, 4.69) is 4.98 Å². The largest absolute Gasteiger partial charge is 0.285 e. The van der Waals surface area contributed by atoms with Crippen LogP contribution in [0.4, 0.5) is 4.39 Å². The first-order chi connectivity index (χ1) is 16.8. The molecule has 35 heavy (non-hydrogen) atoms. The van der Waals surface area contributed by atoms with Crippen LogP contribution in [0, 0.1) is 5.82 Å². The summed E-state index contributed by atoms with van der Waals surface area (Å²) in [5.41, 5.74) is 1.95. The first-order valence-electron chi connectivity index (χ1n) is 11.2. The second-order valence-corrected chi connectivity index (χ2v) is 10.5. The summed E-state index contributed by atoms with van der Waals surface area (Å²) in [5, 5.41) is 0. The van der Waals surface area contributed by atoms with Crippen LogP contribution in [-0.4, -0.2) is 59.1 Å². The quantitative estimate of drug-likeness (QED) is 0.490. The number of amides is 2. The highest BCUT2D eigenvalue weighted by atomic mass is 32.2. The molecular weight excluding hydrogens is 471 g/mol. The van der Waals surface area contributed by atoms with Crippen molar-refractivity contribution in [3.63, 3.8) is 0 Å². The lowest BCUT2D eigenvalue weighted by Crippen LogP contribution is -2.46. The van der Waals surface area contributed by atoms with Crippen molar-refractivity contribution in [3.05, 3.63) is 95.1 Å². The van der Waals surface area contributed by atoms with Crippen molar-refractivity contribution in [2.45, 2.75) is 24.4 Å². The predicted molar refractivity (Wildman–Crippen MR) is 125 cm³/mol. The smallest absolute Gasteiger partial charge is 0.280 e. The third-order valence-corrected chi connectivity index (χ3v) is 8.04. The SMILES string of the molecule is O=C1c2cccnc2C(=O)N1Cc1ccc(S(=O)(=O)N2CCCN(Cc3ccc(F)cc3)C2)cc1. The van der Waals surface area contributed by atoms with Gasteiger partial charge in [0.05, 0.1) is 23.7 Å². The number of benzene rings is 2. The summed E-state index contributed by atoms with van der Waals surface area (Å²) in [5.74, 6) is -1.18. The van der Waals surface area contributed by atoms with Crippen LogP contribution in [0.2, 0.25) is 0 Å². The van der Waals surface area contributed by atoms with Gasteiger partial charge in [0.15, 0.2) is 0 Å². The second-order valence-electron chi connectivity index (χ2n) is 8.59. The lowest BCUT2D eigenvalue weighted by atomic mass is 10.2. The molecule has 2 amide bonds. The van der Waals surface area contributed by atoms with E-state index in [9.17, 15) is 22.4 Å². The number of nitrogens with zero attached hydrogens (tertiary/aromatic N) is 4. The molecule has 1 aromatic heterocycles. The number of rotatable bonds is 6. The van der Waals surface area contributed by atoms with Crippen molar-refractivity contribution >= 4 is 21.8 Å². The van der Waals surface area contributed by atoms with Crippen LogP contribution in [0.5, 0.6) is 0 Å². The normalized spacial score (nSPS) is 17.1. The average Bonchev–Trinajstić information content (AvgIpc) is 3.11. The van der Waals surface area contributed by atoms with Gasteiger partial charge in [0.25, 0.3) is 11.8 Å². The van der Waals surface area contributed by atoms with E-state index in [0.29, 0.717) is 25.1 Å². The van der Waals surface area contributed by atoms with E-state index in [-0.39, 0.29) is 35.2 Å². The average molecular weight is 495 g/mol. The first kappa shape index (κ1) is 23.3. The van der Waals surface area contributed by atoms with E-state index in [1.54, 1.807) is 36.4 Å². The van der Waals surface area contributed by atoms with E-state index >= 15 is 0 Å². The van der Waals surface area contributed by atoms with Gasteiger partial charge in [-0.05, 0) is 53.9 Å². The van der Waals surface area contributed by atoms with Gasteiger partial charge in [0.1, 0.15) is 11.5 Å². The molecular formula is C25H23FN4O4S. The molecule has 0 atom stereocenters. The van der Waals surface area contributed by atoms with Gasteiger partial charge in [-0.15, -0.1) is 0 Å². The Morgan fingerprint density at radius 3 is 2.26 bits per heavy atom. The van der Waals surface area contributed by atoms with Gasteiger partial charge in [-0.3, -0.25) is 24.4 Å². The van der Waals surface area contributed by atoms with E-state index in [0.717, 1.165) is 17.0 Å². The van der Waals surface area contributed by atoms with Crippen molar-refractivity contribution in [2.75, 3.05) is 19.8 Å². The highest BCUT2D eigenvalue weighted by Crippen LogP contribution is 2.24. The molecule has 8 nitrogen and oxygen atoms in total. The Morgan fingerprint density at radius 1 is 0.857 bits per heavy atom. The summed E-state index contributed by atoms with van der Waals surface area (Å²) in [6, 6.07) is 15.6. The molecule has 10 heteroatoms. The zero-order valence-electron chi connectivity index (χ0n) is 18.8. The molecule has 3 heterocycles. The standard InChI is InChI=1S/C25H23FN4O4S/c26-20-8-4-18(5-9-20)15-28-13-2-14-29(17-28)35(33,34)21-10-6-19(7-11-21)16-30-24(31)22-3-1-12-27-23(22)25(30)32/h1,3-12H,2,13-17H2. The van der Waals surface area contributed by atoms with Crippen LogP contribution in [0.15, 0.2) is 71.8 Å². The monoisotopic (exact) mass is 494 g/mol. The van der Waals surface area contributed by atoms with Gasteiger partial charge < -0.3 is 0 Å². The van der Waals surface area contributed by atoms with Crippen LogP contribution in [0.1, 0.15) is 38.4 Å². The molecule has 0 saturated carbocycles. The van der Waals surface area contributed by atoms with Gasteiger partial charge in [-0.25, -0.2) is 12.8 Å². The number of halogens is 1. The Kier molecular flexibility index (Phi) is 6.18. The van der Waals surface area contributed by atoms with Crippen molar-refractivity contribution < 1.29 is 22.4 Å². The van der Waals surface area contributed by atoms with Gasteiger partial charge in [-0.1, -0.05) is 24.3 Å². The van der Waals surface area contributed by atoms with Crippen LogP contribution in [0.3, 0.4) is 0 Å². The van der Waals surface area contributed by atoms with Crippen LogP contribution >= 0.6 is 0 Å².